The molecule has 0 aliphatic heterocycles. The second kappa shape index (κ2) is 3.76. The van der Waals surface area contributed by atoms with Gasteiger partial charge >= 0.3 is 0 Å². The van der Waals surface area contributed by atoms with Gasteiger partial charge in [0.05, 0.1) is 4.51 Å². The van der Waals surface area contributed by atoms with E-state index >= 15 is 0 Å². The van der Waals surface area contributed by atoms with Crippen LogP contribution in [0.15, 0.2) is 43.1 Å². The fourth-order valence-electron chi connectivity index (χ4n) is 1.52. The number of benzene rings is 1. The molecule has 0 spiro atoms. The Morgan fingerprint density at radius 2 is 2.14 bits per heavy atom. The minimum absolute atomic E-state index is 0.820. The molecule has 0 aliphatic rings. The first kappa shape index (κ1) is 9.16. The van der Waals surface area contributed by atoms with Gasteiger partial charge in [0.2, 0.25) is 0 Å². The molecule has 0 atom stereocenters. The molecule has 0 bridgehead atoms. The molecule has 0 fully saturated rings. The SMILES string of the molecule is C=CCc1c[nH]c2ccccc2c1=S. The summed E-state index contributed by atoms with van der Waals surface area (Å²) in [6, 6.07) is 8.08. The van der Waals surface area contributed by atoms with Gasteiger partial charge in [0.25, 0.3) is 0 Å². The van der Waals surface area contributed by atoms with Gasteiger partial charge in [-0.1, -0.05) is 36.5 Å². The molecular weight excluding hydrogens is 190 g/mol. The lowest BCUT2D eigenvalue weighted by molar-refractivity contribution is 1.22. The summed E-state index contributed by atoms with van der Waals surface area (Å²) in [5, 5.41) is 1.11. The van der Waals surface area contributed by atoms with Gasteiger partial charge in [0.15, 0.2) is 0 Å². The van der Waals surface area contributed by atoms with E-state index in [0.717, 1.165) is 27.4 Å². The van der Waals surface area contributed by atoms with Gasteiger partial charge in [-0.3, -0.25) is 0 Å². The van der Waals surface area contributed by atoms with E-state index in [2.05, 4.69) is 11.6 Å². The maximum Gasteiger partial charge on any atom is 0.0520 e. The van der Waals surface area contributed by atoms with E-state index in [1.54, 1.807) is 0 Å². The molecule has 2 aromatic rings. The van der Waals surface area contributed by atoms with E-state index in [4.69, 9.17) is 12.2 Å². The molecule has 1 aromatic heterocycles. The zero-order valence-corrected chi connectivity index (χ0v) is 8.60. The molecule has 1 heterocycles. The van der Waals surface area contributed by atoms with Crippen LogP contribution in [-0.4, -0.2) is 4.98 Å². The number of H-pyrrole nitrogens is 1. The quantitative estimate of drug-likeness (QED) is 0.579. The summed E-state index contributed by atoms with van der Waals surface area (Å²) in [7, 11) is 0. The summed E-state index contributed by atoms with van der Waals surface area (Å²) in [5.74, 6) is 0. The van der Waals surface area contributed by atoms with Crippen LogP contribution in [0.25, 0.3) is 10.9 Å². The van der Waals surface area contributed by atoms with Crippen LogP contribution in [0.5, 0.6) is 0 Å². The summed E-state index contributed by atoms with van der Waals surface area (Å²) in [4.78, 5) is 3.23. The normalized spacial score (nSPS) is 10.3. The van der Waals surface area contributed by atoms with Gasteiger partial charge in [0.1, 0.15) is 0 Å². The zero-order valence-electron chi connectivity index (χ0n) is 7.79. The van der Waals surface area contributed by atoms with Crippen LogP contribution in [0.1, 0.15) is 5.56 Å². The van der Waals surface area contributed by atoms with E-state index in [-0.39, 0.29) is 0 Å². The number of para-hydroxylation sites is 1. The third-order valence-corrected chi connectivity index (χ3v) is 2.71. The highest BCUT2D eigenvalue weighted by atomic mass is 32.1. The van der Waals surface area contributed by atoms with Crippen LogP contribution in [0.4, 0.5) is 0 Å². The number of nitrogens with one attached hydrogen (secondary N) is 1. The van der Waals surface area contributed by atoms with Gasteiger partial charge in [-0.05, 0) is 18.1 Å². The molecule has 2 heteroatoms. The van der Waals surface area contributed by atoms with Crippen LogP contribution >= 0.6 is 12.2 Å². The van der Waals surface area contributed by atoms with E-state index in [9.17, 15) is 0 Å². The number of hydrogen-bond donors (Lipinski definition) is 1. The number of aromatic amines is 1. The van der Waals surface area contributed by atoms with E-state index in [1.807, 2.05) is 36.5 Å². The highest BCUT2D eigenvalue weighted by Gasteiger charge is 1.98. The molecule has 1 nitrogen and oxygen atoms in total. The van der Waals surface area contributed by atoms with Crippen molar-refractivity contribution >= 4 is 23.1 Å². The van der Waals surface area contributed by atoms with Crippen LogP contribution in [0.2, 0.25) is 0 Å². The van der Waals surface area contributed by atoms with Crippen molar-refractivity contribution in [2.24, 2.45) is 0 Å². The molecule has 2 rings (SSSR count). The number of aromatic nitrogens is 1. The van der Waals surface area contributed by atoms with Crippen molar-refractivity contribution in [3.05, 3.63) is 53.2 Å². The smallest absolute Gasteiger partial charge is 0.0520 e. The van der Waals surface area contributed by atoms with Crippen molar-refractivity contribution in [3.63, 3.8) is 0 Å². The third kappa shape index (κ3) is 1.49. The maximum absolute atomic E-state index is 5.39. The van der Waals surface area contributed by atoms with Crippen LogP contribution in [-0.2, 0) is 6.42 Å². The topological polar surface area (TPSA) is 15.8 Å². The molecule has 1 aromatic carbocycles. The standard InChI is InChI=1S/C12H11NS/c1-2-5-9-8-13-11-7-4-3-6-10(11)12(9)14/h2-4,6-8H,1,5H2,(H,13,14). The van der Waals surface area contributed by atoms with E-state index in [0.29, 0.717) is 0 Å². The monoisotopic (exact) mass is 201 g/mol. The Morgan fingerprint density at radius 3 is 2.93 bits per heavy atom. The molecule has 70 valence electrons. The number of pyridine rings is 1. The Labute approximate surface area is 88.1 Å². The Balaban J connectivity index is 2.75. The predicted octanol–water partition coefficient (Wildman–Crippen LogP) is 3.63. The van der Waals surface area contributed by atoms with E-state index < -0.39 is 0 Å². The van der Waals surface area contributed by atoms with Gasteiger partial charge in [-0.25, -0.2) is 0 Å². The minimum atomic E-state index is 0.820. The highest BCUT2D eigenvalue weighted by Crippen LogP contribution is 2.16. The first-order valence-electron chi connectivity index (χ1n) is 4.53. The number of fused-ring (bicyclic) bond motifs is 1. The largest absolute Gasteiger partial charge is 0.361 e. The first-order valence-corrected chi connectivity index (χ1v) is 4.94. The van der Waals surface area contributed by atoms with E-state index in [1.165, 1.54) is 0 Å². The number of rotatable bonds is 2. The molecule has 0 aliphatic carbocycles. The van der Waals surface area contributed by atoms with Crippen LogP contribution < -0.4 is 0 Å². The Kier molecular flexibility index (Phi) is 2.46. The van der Waals surface area contributed by atoms with Gasteiger partial charge in [0, 0.05) is 17.1 Å². The molecule has 0 saturated heterocycles. The van der Waals surface area contributed by atoms with Crippen LogP contribution in [0, 0.1) is 4.51 Å². The lowest BCUT2D eigenvalue weighted by atomic mass is 10.1. The van der Waals surface area contributed by atoms with Gasteiger partial charge < -0.3 is 4.98 Å². The fourth-order valence-corrected chi connectivity index (χ4v) is 1.84. The number of hydrogen-bond acceptors (Lipinski definition) is 1. The minimum Gasteiger partial charge on any atom is -0.361 e. The Morgan fingerprint density at radius 1 is 1.36 bits per heavy atom. The average Bonchev–Trinajstić information content (AvgIpc) is 2.23. The second-order valence-corrected chi connectivity index (χ2v) is 3.59. The summed E-state index contributed by atoms with van der Waals surface area (Å²) in [6.45, 7) is 3.72. The Bertz CT molecular complexity index is 525. The Hall–Kier alpha value is -1.41. The zero-order chi connectivity index (χ0) is 9.97. The predicted molar refractivity (Wildman–Crippen MR) is 63.0 cm³/mol. The molecule has 0 amide bonds. The molecule has 0 saturated carbocycles. The van der Waals surface area contributed by atoms with Crippen molar-refractivity contribution in [1.29, 1.82) is 0 Å². The third-order valence-electron chi connectivity index (χ3n) is 2.23. The number of allylic oxidation sites excluding steroid dienone is 1. The first-order chi connectivity index (χ1) is 6.83. The maximum atomic E-state index is 5.39. The summed E-state index contributed by atoms with van der Waals surface area (Å²) in [6.07, 6.45) is 4.65. The lowest BCUT2D eigenvalue weighted by Crippen LogP contribution is -1.87. The fraction of sp³-hybridized carbons (Fsp3) is 0.0833. The molecule has 14 heavy (non-hydrogen) atoms. The summed E-state index contributed by atoms with van der Waals surface area (Å²) >= 11 is 5.39. The van der Waals surface area contributed by atoms with Gasteiger partial charge in [-0.15, -0.1) is 6.58 Å². The van der Waals surface area contributed by atoms with Crippen molar-refractivity contribution in [2.75, 3.05) is 0 Å². The summed E-state index contributed by atoms with van der Waals surface area (Å²) < 4.78 is 0.930. The van der Waals surface area contributed by atoms with Crippen LogP contribution in [0.3, 0.4) is 0 Å². The second-order valence-electron chi connectivity index (χ2n) is 3.18. The molecule has 0 unspecified atom stereocenters. The van der Waals surface area contributed by atoms with Crippen molar-refractivity contribution in [2.45, 2.75) is 6.42 Å². The van der Waals surface area contributed by atoms with Crippen molar-refractivity contribution in [3.8, 4) is 0 Å². The van der Waals surface area contributed by atoms with Gasteiger partial charge in [-0.2, -0.15) is 0 Å². The van der Waals surface area contributed by atoms with Crippen molar-refractivity contribution < 1.29 is 0 Å². The average molecular weight is 201 g/mol. The molecule has 0 radical (unpaired) electrons. The molecular formula is C12H11NS. The lowest BCUT2D eigenvalue weighted by Gasteiger charge is -2.02. The molecule has 1 N–H and O–H groups in total. The summed E-state index contributed by atoms with van der Waals surface area (Å²) in [5.41, 5.74) is 2.22. The van der Waals surface area contributed by atoms with Crippen molar-refractivity contribution in [1.82, 2.24) is 4.98 Å². The highest BCUT2D eigenvalue weighted by molar-refractivity contribution is 7.71.